The average molecular weight is 324 g/mol. The van der Waals surface area contributed by atoms with E-state index in [0.29, 0.717) is 32.4 Å². The van der Waals surface area contributed by atoms with Crippen LogP contribution in [-0.4, -0.2) is 43.5 Å². The zero-order chi connectivity index (χ0) is 10.9. The number of ether oxygens (including phenoxy) is 3. The molecule has 0 aliphatic rings. The summed E-state index contributed by atoms with van der Waals surface area (Å²) in [4.78, 5) is 7.98. The molecule has 0 saturated carbocycles. The van der Waals surface area contributed by atoms with Crippen molar-refractivity contribution in [1.29, 1.82) is 0 Å². The molecular formula is C9H13IN2O3. The molecule has 1 rings (SSSR count). The minimum Gasteiger partial charge on any atom is -0.461 e. The number of halogens is 1. The Balaban J connectivity index is 2.07. The molecule has 0 saturated heterocycles. The van der Waals surface area contributed by atoms with Crippen molar-refractivity contribution in [3.63, 3.8) is 0 Å². The SMILES string of the molecule is COCCOCCOc1ncc(I)cn1. The summed E-state index contributed by atoms with van der Waals surface area (Å²) in [5.74, 6) is 0. The molecule has 0 radical (unpaired) electrons. The van der Waals surface area contributed by atoms with Crippen LogP contribution >= 0.6 is 22.6 Å². The predicted octanol–water partition coefficient (Wildman–Crippen LogP) is 1.12. The summed E-state index contributed by atoms with van der Waals surface area (Å²) in [6.45, 7) is 2.14. The highest BCUT2D eigenvalue weighted by atomic mass is 127. The molecule has 6 heteroatoms. The second-order valence-electron chi connectivity index (χ2n) is 2.64. The van der Waals surface area contributed by atoms with E-state index in [1.165, 1.54) is 0 Å². The highest BCUT2D eigenvalue weighted by Gasteiger charge is 1.96. The van der Waals surface area contributed by atoms with Crippen LogP contribution in [0.1, 0.15) is 0 Å². The van der Waals surface area contributed by atoms with Gasteiger partial charge in [0.1, 0.15) is 6.61 Å². The first-order valence-corrected chi connectivity index (χ1v) is 5.58. The maximum Gasteiger partial charge on any atom is 0.316 e. The van der Waals surface area contributed by atoms with Crippen LogP contribution in [0.5, 0.6) is 6.01 Å². The van der Waals surface area contributed by atoms with E-state index in [9.17, 15) is 0 Å². The summed E-state index contributed by atoms with van der Waals surface area (Å²) in [5, 5.41) is 0. The molecule has 1 aromatic heterocycles. The van der Waals surface area contributed by atoms with Gasteiger partial charge >= 0.3 is 6.01 Å². The molecule has 0 spiro atoms. The molecule has 15 heavy (non-hydrogen) atoms. The van der Waals surface area contributed by atoms with E-state index in [-0.39, 0.29) is 0 Å². The molecule has 0 N–H and O–H groups in total. The van der Waals surface area contributed by atoms with E-state index in [1.54, 1.807) is 19.5 Å². The van der Waals surface area contributed by atoms with E-state index in [2.05, 4.69) is 32.6 Å². The van der Waals surface area contributed by atoms with Crippen LogP contribution in [0, 0.1) is 3.57 Å². The van der Waals surface area contributed by atoms with E-state index >= 15 is 0 Å². The van der Waals surface area contributed by atoms with Gasteiger partial charge in [-0.1, -0.05) is 0 Å². The third kappa shape index (κ3) is 5.85. The highest BCUT2D eigenvalue weighted by molar-refractivity contribution is 14.1. The monoisotopic (exact) mass is 324 g/mol. The number of aromatic nitrogens is 2. The fraction of sp³-hybridized carbons (Fsp3) is 0.556. The Hall–Kier alpha value is -0.470. The minimum absolute atomic E-state index is 0.380. The molecule has 0 amide bonds. The lowest BCUT2D eigenvalue weighted by Crippen LogP contribution is -2.11. The zero-order valence-corrected chi connectivity index (χ0v) is 10.6. The number of hydrogen-bond acceptors (Lipinski definition) is 5. The van der Waals surface area contributed by atoms with Crippen LogP contribution in [-0.2, 0) is 9.47 Å². The van der Waals surface area contributed by atoms with Gasteiger partial charge in [-0.2, -0.15) is 0 Å². The Morgan fingerprint density at radius 2 is 1.80 bits per heavy atom. The molecule has 0 aromatic carbocycles. The fourth-order valence-electron chi connectivity index (χ4n) is 0.811. The van der Waals surface area contributed by atoms with Crippen LogP contribution in [0.3, 0.4) is 0 Å². The minimum atomic E-state index is 0.380. The van der Waals surface area contributed by atoms with E-state index < -0.39 is 0 Å². The van der Waals surface area contributed by atoms with Crippen molar-refractivity contribution in [3.8, 4) is 6.01 Å². The molecule has 0 fully saturated rings. The molecule has 0 aliphatic heterocycles. The quantitative estimate of drug-likeness (QED) is 0.556. The Bertz CT molecular complexity index is 269. The summed E-state index contributed by atoms with van der Waals surface area (Å²) in [5.41, 5.74) is 0. The number of methoxy groups -OCH3 is 1. The van der Waals surface area contributed by atoms with Gasteiger partial charge in [-0.25, -0.2) is 9.97 Å². The van der Waals surface area contributed by atoms with Crippen LogP contribution in [0.15, 0.2) is 12.4 Å². The second-order valence-corrected chi connectivity index (χ2v) is 3.88. The smallest absolute Gasteiger partial charge is 0.316 e. The molecule has 0 aliphatic carbocycles. The molecule has 0 atom stereocenters. The van der Waals surface area contributed by atoms with Crippen molar-refractivity contribution in [2.24, 2.45) is 0 Å². The second kappa shape index (κ2) is 7.77. The summed E-state index contributed by atoms with van der Waals surface area (Å²) < 4.78 is 16.3. The first kappa shape index (κ1) is 12.6. The Labute approximate surface area is 102 Å². The molecule has 0 unspecified atom stereocenters. The van der Waals surface area contributed by atoms with Crippen LogP contribution < -0.4 is 4.74 Å². The van der Waals surface area contributed by atoms with Crippen molar-refractivity contribution in [2.75, 3.05) is 33.5 Å². The van der Waals surface area contributed by atoms with Gasteiger partial charge in [-0.15, -0.1) is 0 Å². The van der Waals surface area contributed by atoms with Crippen LogP contribution in [0.2, 0.25) is 0 Å². The Kier molecular flexibility index (Phi) is 6.53. The fourth-order valence-corrected chi connectivity index (χ4v) is 1.09. The van der Waals surface area contributed by atoms with Gasteiger partial charge in [0.05, 0.1) is 19.8 Å². The first-order chi connectivity index (χ1) is 7.33. The number of nitrogens with zero attached hydrogens (tertiary/aromatic N) is 2. The van der Waals surface area contributed by atoms with Crippen molar-refractivity contribution in [2.45, 2.75) is 0 Å². The summed E-state index contributed by atoms with van der Waals surface area (Å²) >= 11 is 2.14. The zero-order valence-electron chi connectivity index (χ0n) is 8.48. The van der Waals surface area contributed by atoms with Crippen LogP contribution in [0.4, 0.5) is 0 Å². The van der Waals surface area contributed by atoms with E-state index in [0.717, 1.165) is 3.57 Å². The van der Waals surface area contributed by atoms with E-state index in [4.69, 9.17) is 14.2 Å². The predicted molar refractivity (Wildman–Crippen MR) is 62.9 cm³/mol. The maximum absolute atomic E-state index is 5.25. The average Bonchev–Trinajstić information content (AvgIpc) is 2.26. The summed E-state index contributed by atoms with van der Waals surface area (Å²) in [6, 6.07) is 0.380. The molecule has 0 bridgehead atoms. The summed E-state index contributed by atoms with van der Waals surface area (Å²) in [6.07, 6.45) is 3.41. The van der Waals surface area contributed by atoms with Crippen molar-refractivity contribution >= 4 is 22.6 Å². The normalized spacial score (nSPS) is 10.3. The topological polar surface area (TPSA) is 53.5 Å². The molecule has 84 valence electrons. The van der Waals surface area contributed by atoms with Gasteiger partial charge in [0, 0.05) is 23.1 Å². The van der Waals surface area contributed by atoms with Crippen molar-refractivity contribution < 1.29 is 14.2 Å². The Morgan fingerprint density at radius 1 is 1.13 bits per heavy atom. The maximum atomic E-state index is 5.25. The molecule has 5 nitrogen and oxygen atoms in total. The van der Waals surface area contributed by atoms with Gasteiger partial charge in [-0.3, -0.25) is 0 Å². The summed E-state index contributed by atoms with van der Waals surface area (Å²) in [7, 11) is 1.64. The Morgan fingerprint density at radius 3 is 2.47 bits per heavy atom. The largest absolute Gasteiger partial charge is 0.461 e. The van der Waals surface area contributed by atoms with Gasteiger partial charge in [-0.05, 0) is 22.6 Å². The van der Waals surface area contributed by atoms with E-state index in [1.807, 2.05) is 0 Å². The lowest BCUT2D eigenvalue weighted by Gasteiger charge is -2.04. The molecular weight excluding hydrogens is 311 g/mol. The molecule has 1 aromatic rings. The number of rotatable bonds is 7. The van der Waals surface area contributed by atoms with Gasteiger partial charge in [0.25, 0.3) is 0 Å². The standard InChI is InChI=1S/C9H13IN2O3/c1-13-2-3-14-4-5-15-9-11-6-8(10)7-12-9/h6-7H,2-5H2,1H3. The lowest BCUT2D eigenvalue weighted by molar-refractivity contribution is 0.0528. The van der Waals surface area contributed by atoms with Gasteiger partial charge in [0.2, 0.25) is 0 Å². The van der Waals surface area contributed by atoms with Gasteiger partial charge in [0.15, 0.2) is 0 Å². The van der Waals surface area contributed by atoms with Crippen molar-refractivity contribution in [3.05, 3.63) is 16.0 Å². The molecule has 1 heterocycles. The third-order valence-electron chi connectivity index (χ3n) is 1.49. The number of hydrogen-bond donors (Lipinski definition) is 0. The highest BCUT2D eigenvalue weighted by Crippen LogP contribution is 2.04. The third-order valence-corrected chi connectivity index (χ3v) is 2.04. The van der Waals surface area contributed by atoms with Crippen molar-refractivity contribution in [1.82, 2.24) is 9.97 Å². The first-order valence-electron chi connectivity index (χ1n) is 4.50. The lowest BCUT2D eigenvalue weighted by atomic mass is 10.7. The van der Waals surface area contributed by atoms with Gasteiger partial charge < -0.3 is 14.2 Å². The van der Waals surface area contributed by atoms with Crippen LogP contribution in [0.25, 0.3) is 0 Å².